The molecule has 0 saturated heterocycles. The second kappa shape index (κ2) is 7.93. The first kappa shape index (κ1) is 18.5. The third-order valence-corrected chi connectivity index (χ3v) is 6.53. The average molecular weight is 433 g/mol. The Morgan fingerprint density at radius 1 is 0.885 bits per heavy atom. The number of halogens is 1. The molecule has 0 amide bonds. The van der Waals surface area contributed by atoms with E-state index in [1.807, 2.05) is 30.3 Å². The van der Waals surface area contributed by atoms with Crippen LogP contribution in [0.3, 0.4) is 0 Å². The topological polar surface area (TPSA) is 52.6 Å². The first-order valence-electron chi connectivity index (χ1n) is 7.87. The third-order valence-electron chi connectivity index (χ3n) is 3.80. The molecular formula is C20H17BrO4S. The molecule has 6 heteroatoms. The molecule has 0 spiro atoms. The molecule has 3 rings (SSSR count). The van der Waals surface area contributed by atoms with Crippen LogP contribution in [0.15, 0.2) is 87.1 Å². The van der Waals surface area contributed by atoms with E-state index in [1.165, 1.54) is 13.2 Å². The van der Waals surface area contributed by atoms with E-state index in [2.05, 4.69) is 15.9 Å². The van der Waals surface area contributed by atoms with Gasteiger partial charge in [-0.15, -0.1) is 0 Å². The van der Waals surface area contributed by atoms with Crippen molar-refractivity contribution < 1.29 is 17.9 Å². The summed E-state index contributed by atoms with van der Waals surface area (Å²) in [5, 5.41) is 0. The molecule has 0 fully saturated rings. The molecule has 0 aliphatic carbocycles. The Balaban J connectivity index is 1.95. The average Bonchev–Trinajstić information content (AvgIpc) is 2.67. The van der Waals surface area contributed by atoms with Crippen LogP contribution in [-0.4, -0.2) is 15.5 Å². The lowest BCUT2D eigenvalue weighted by Gasteiger charge is -2.14. The monoisotopic (exact) mass is 432 g/mol. The molecule has 0 saturated carbocycles. The molecule has 0 aromatic heterocycles. The molecule has 0 bridgehead atoms. The van der Waals surface area contributed by atoms with Crippen LogP contribution in [0.4, 0.5) is 0 Å². The maximum atomic E-state index is 12.9. The molecule has 0 atom stereocenters. The Labute approximate surface area is 161 Å². The Kier molecular flexibility index (Phi) is 5.64. The standard InChI is InChI=1S/C20H17BrO4S/c1-24-18-13-20(26(22,23)16-10-6-3-7-11-16)17(21)12-19(18)25-14-15-8-4-2-5-9-15/h2-13H,14H2,1H3. The zero-order valence-electron chi connectivity index (χ0n) is 14.1. The number of sulfone groups is 1. The second-order valence-corrected chi connectivity index (χ2v) is 8.30. The van der Waals surface area contributed by atoms with Gasteiger partial charge in [-0.25, -0.2) is 8.42 Å². The van der Waals surface area contributed by atoms with E-state index >= 15 is 0 Å². The van der Waals surface area contributed by atoms with Gasteiger partial charge in [0.1, 0.15) is 6.61 Å². The van der Waals surface area contributed by atoms with E-state index in [-0.39, 0.29) is 9.79 Å². The van der Waals surface area contributed by atoms with Crippen LogP contribution < -0.4 is 9.47 Å². The van der Waals surface area contributed by atoms with Crippen LogP contribution in [0.5, 0.6) is 11.5 Å². The van der Waals surface area contributed by atoms with Crippen molar-refractivity contribution in [3.63, 3.8) is 0 Å². The summed E-state index contributed by atoms with van der Waals surface area (Å²) in [6.07, 6.45) is 0. The highest BCUT2D eigenvalue weighted by Gasteiger charge is 2.23. The van der Waals surface area contributed by atoms with Crippen LogP contribution in [0.1, 0.15) is 5.56 Å². The van der Waals surface area contributed by atoms with Gasteiger partial charge in [0.25, 0.3) is 0 Å². The van der Waals surface area contributed by atoms with E-state index in [4.69, 9.17) is 9.47 Å². The van der Waals surface area contributed by atoms with Crippen molar-refractivity contribution >= 4 is 25.8 Å². The van der Waals surface area contributed by atoms with E-state index in [9.17, 15) is 8.42 Å². The fraction of sp³-hybridized carbons (Fsp3) is 0.100. The number of ether oxygens (including phenoxy) is 2. The molecule has 0 aliphatic rings. The smallest absolute Gasteiger partial charge is 0.207 e. The summed E-state index contributed by atoms with van der Waals surface area (Å²) in [5.41, 5.74) is 1.01. The molecule has 4 nitrogen and oxygen atoms in total. The predicted molar refractivity (Wildman–Crippen MR) is 103 cm³/mol. The summed E-state index contributed by atoms with van der Waals surface area (Å²) < 4.78 is 37.4. The molecule has 26 heavy (non-hydrogen) atoms. The predicted octanol–water partition coefficient (Wildman–Crippen LogP) is 4.87. The Hall–Kier alpha value is -2.31. The van der Waals surface area contributed by atoms with Crippen LogP contribution in [-0.2, 0) is 16.4 Å². The Bertz CT molecular complexity index is 987. The molecule has 134 valence electrons. The molecule has 0 N–H and O–H groups in total. The lowest BCUT2D eigenvalue weighted by Crippen LogP contribution is -2.05. The van der Waals surface area contributed by atoms with Gasteiger partial charge >= 0.3 is 0 Å². The van der Waals surface area contributed by atoms with Gasteiger partial charge in [-0.2, -0.15) is 0 Å². The largest absolute Gasteiger partial charge is 0.493 e. The van der Waals surface area contributed by atoms with Gasteiger partial charge in [0.05, 0.1) is 16.9 Å². The van der Waals surface area contributed by atoms with Gasteiger partial charge in [0.2, 0.25) is 9.84 Å². The van der Waals surface area contributed by atoms with Gasteiger partial charge in [-0.3, -0.25) is 0 Å². The van der Waals surface area contributed by atoms with Crippen molar-refractivity contribution in [1.29, 1.82) is 0 Å². The molecule has 3 aromatic rings. The molecule has 0 aliphatic heterocycles. The van der Waals surface area contributed by atoms with E-state index in [0.717, 1.165) is 5.56 Å². The maximum Gasteiger partial charge on any atom is 0.207 e. The Morgan fingerprint density at radius 3 is 2.12 bits per heavy atom. The number of hydrogen-bond donors (Lipinski definition) is 0. The van der Waals surface area contributed by atoms with Crippen LogP contribution in [0.25, 0.3) is 0 Å². The van der Waals surface area contributed by atoms with Crippen LogP contribution in [0, 0.1) is 0 Å². The maximum absolute atomic E-state index is 12.9. The quantitative estimate of drug-likeness (QED) is 0.557. The van der Waals surface area contributed by atoms with Crippen molar-refractivity contribution in [1.82, 2.24) is 0 Å². The highest BCUT2D eigenvalue weighted by atomic mass is 79.9. The van der Waals surface area contributed by atoms with Crippen LogP contribution >= 0.6 is 15.9 Å². The lowest BCUT2D eigenvalue weighted by atomic mass is 10.2. The summed E-state index contributed by atoms with van der Waals surface area (Å²) in [5.74, 6) is 0.828. The van der Waals surface area contributed by atoms with E-state index in [1.54, 1.807) is 36.4 Å². The molecule has 0 heterocycles. The summed E-state index contributed by atoms with van der Waals surface area (Å²) in [7, 11) is -2.18. The van der Waals surface area contributed by atoms with Crippen LogP contribution in [0.2, 0.25) is 0 Å². The van der Waals surface area contributed by atoms with Crippen molar-refractivity contribution in [3.05, 3.63) is 82.8 Å². The summed E-state index contributed by atoms with van der Waals surface area (Å²) in [6, 6.07) is 21.1. The van der Waals surface area contributed by atoms with Gasteiger partial charge in [-0.05, 0) is 39.7 Å². The number of rotatable bonds is 6. The van der Waals surface area contributed by atoms with Crippen molar-refractivity contribution in [3.8, 4) is 11.5 Å². The molecule has 0 radical (unpaired) electrons. The minimum Gasteiger partial charge on any atom is -0.493 e. The number of benzene rings is 3. The highest BCUT2D eigenvalue weighted by Crippen LogP contribution is 2.38. The molecule has 0 unspecified atom stereocenters. The SMILES string of the molecule is COc1cc(S(=O)(=O)c2ccccc2)c(Br)cc1OCc1ccccc1. The van der Waals surface area contributed by atoms with Crippen molar-refractivity contribution in [2.24, 2.45) is 0 Å². The minimum absolute atomic E-state index is 0.132. The first-order valence-corrected chi connectivity index (χ1v) is 10.1. The minimum atomic E-state index is -3.67. The molecular weight excluding hydrogens is 416 g/mol. The highest BCUT2D eigenvalue weighted by molar-refractivity contribution is 9.10. The fourth-order valence-electron chi connectivity index (χ4n) is 2.46. The third kappa shape index (κ3) is 3.92. The van der Waals surface area contributed by atoms with Gasteiger partial charge in [0, 0.05) is 10.5 Å². The lowest BCUT2D eigenvalue weighted by molar-refractivity contribution is 0.283. The van der Waals surface area contributed by atoms with Gasteiger partial charge in [0.15, 0.2) is 11.5 Å². The zero-order valence-corrected chi connectivity index (χ0v) is 16.5. The van der Waals surface area contributed by atoms with Crippen molar-refractivity contribution in [2.75, 3.05) is 7.11 Å². The normalized spacial score (nSPS) is 11.2. The number of methoxy groups -OCH3 is 1. The second-order valence-electron chi connectivity index (χ2n) is 5.52. The summed E-state index contributed by atoms with van der Waals surface area (Å²) in [6.45, 7) is 0.356. The fourth-order valence-corrected chi connectivity index (χ4v) is 4.77. The Morgan fingerprint density at radius 2 is 1.50 bits per heavy atom. The zero-order chi connectivity index (χ0) is 18.6. The van der Waals surface area contributed by atoms with Gasteiger partial charge in [-0.1, -0.05) is 48.5 Å². The van der Waals surface area contributed by atoms with E-state index in [0.29, 0.717) is 22.6 Å². The van der Waals surface area contributed by atoms with E-state index < -0.39 is 9.84 Å². The first-order chi connectivity index (χ1) is 12.5. The molecule has 3 aromatic carbocycles. The van der Waals surface area contributed by atoms with Crippen molar-refractivity contribution in [2.45, 2.75) is 16.4 Å². The summed E-state index contributed by atoms with van der Waals surface area (Å²) >= 11 is 3.36. The number of hydrogen-bond acceptors (Lipinski definition) is 4. The van der Waals surface area contributed by atoms with Gasteiger partial charge < -0.3 is 9.47 Å². The summed E-state index contributed by atoms with van der Waals surface area (Å²) in [4.78, 5) is 0.355.